The molecule has 1 amide bonds. The second-order valence-electron chi connectivity index (χ2n) is 6.04. The van der Waals surface area contributed by atoms with E-state index in [-0.39, 0.29) is 25.4 Å². The zero-order valence-electron chi connectivity index (χ0n) is 14.6. The van der Waals surface area contributed by atoms with Crippen molar-refractivity contribution in [1.29, 1.82) is 0 Å². The zero-order chi connectivity index (χ0) is 18.3. The lowest BCUT2D eigenvalue weighted by atomic mass is 10.1. The number of hydrogen-bond acceptors (Lipinski definition) is 3. The Hall–Kier alpha value is -2.18. The van der Waals surface area contributed by atoms with Gasteiger partial charge >= 0.3 is 0 Å². The summed E-state index contributed by atoms with van der Waals surface area (Å²) in [5, 5.41) is 2.82. The number of benzene rings is 2. The standard InChI is InChI=1S/C19H24N2O3S/c1-16-8-6-7-11-18(16)15-21(25(2,23)24)13-12-19(22)20-14-17-9-4-3-5-10-17/h3-11H,12-15H2,1-2H3,(H,20,22). The fourth-order valence-electron chi connectivity index (χ4n) is 2.45. The monoisotopic (exact) mass is 360 g/mol. The van der Waals surface area contributed by atoms with Crippen LogP contribution in [0.25, 0.3) is 0 Å². The predicted molar refractivity (Wildman–Crippen MR) is 99.3 cm³/mol. The van der Waals surface area contributed by atoms with E-state index >= 15 is 0 Å². The summed E-state index contributed by atoms with van der Waals surface area (Å²) >= 11 is 0. The van der Waals surface area contributed by atoms with Crippen molar-refractivity contribution in [3.8, 4) is 0 Å². The van der Waals surface area contributed by atoms with Crippen LogP contribution in [0.5, 0.6) is 0 Å². The molecule has 0 saturated heterocycles. The highest BCUT2D eigenvalue weighted by molar-refractivity contribution is 7.88. The minimum absolute atomic E-state index is 0.131. The van der Waals surface area contributed by atoms with Gasteiger partial charge in [0.1, 0.15) is 0 Å². The van der Waals surface area contributed by atoms with E-state index in [1.165, 1.54) is 10.6 Å². The normalized spacial score (nSPS) is 11.5. The Balaban J connectivity index is 1.92. The van der Waals surface area contributed by atoms with Crippen molar-refractivity contribution in [1.82, 2.24) is 9.62 Å². The van der Waals surface area contributed by atoms with Crippen LogP contribution in [0.15, 0.2) is 54.6 Å². The Kier molecular flexibility index (Phi) is 6.73. The number of carbonyl (C=O) groups excluding carboxylic acids is 1. The number of nitrogens with one attached hydrogen (secondary N) is 1. The van der Waals surface area contributed by atoms with E-state index in [9.17, 15) is 13.2 Å². The Morgan fingerprint density at radius 3 is 2.32 bits per heavy atom. The molecule has 0 atom stereocenters. The molecule has 1 N–H and O–H groups in total. The van der Waals surface area contributed by atoms with Gasteiger partial charge in [0.05, 0.1) is 6.26 Å². The minimum atomic E-state index is -3.39. The van der Waals surface area contributed by atoms with E-state index in [0.29, 0.717) is 6.54 Å². The van der Waals surface area contributed by atoms with Crippen LogP contribution in [0.4, 0.5) is 0 Å². The van der Waals surface area contributed by atoms with E-state index in [2.05, 4.69) is 5.32 Å². The average Bonchev–Trinajstić information content (AvgIpc) is 2.58. The first-order valence-electron chi connectivity index (χ1n) is 8.16. The molecule has 0 aromatic heterocycles. The Labute approximate surface area is 149 Å². The number of hydrogen-bond donors (Lipinski definition) is 1. The molecular formula is C19H24N2O3S. The molecule has 0 fully saturated rings. The highest BCUT2D eigenvalue weighted by Gasteiger charge is 2.19. The van der Waals surface area contributed by atoms with Crippen LogP contribution in [0.3, 0.4) is 0 Å². The van der Waals surface area contributed by atoms with Gasteiger partial charge in [0, 0.05) is 26.1 Å². The molecule has 134 valence electrons. The largest absolute Gasteiger partial charge is 0.352 e. The molecule has 0 radical (unpaired) electrons. The number of nitrogens with zero attached hydrogens (tertiary/aromatic N) is 1. The van der Waals surface area contributed by atoms with Crippen molar-refractivity contribution in [2.24, 2.45) is 0 Å². The van der Waals surface area contributed by atoms with E-state index in [0.717, 1.165) is 16.7 Å². The number of aryl methyl sites for hydroxylation is 1. The molecule has 0 aliphatic rings. The van der Waals surface area contributed by atoms with Gasteiger partial charge in [-0.1, -0.05) is 54.6 Å². The third-order valence-corrected chi connectivity index (χ3v) is 5.25. The van der Waals surface area contributed by atoms with Crippen LogP contribution in [0.2, 0.25) is 0 Å². The van der Waals surface area contributed by atoms with Crippen molar-refractivity contribution in [2.45, 2.75) is 26.4 Å². The Morgan fingerprint density at radius 1 is 1.04 bits per heavy atom. The van der Waals surface area contributed by atoms with Crippen LogP contribution in [-0.4, -0.2) is 31.4 Å². The highest BCUT2D eigenvalue weighted by atomic mass is 32.2. The molecule has 2 aromatic rings. The predicted octanol–water partition coefficient (Wildman–Crippen LogP) is 2.46. The summed E-state index contributed by atoms with van der Waals surface area (Å²) in [5.74, 6) is -0.165. The van der Waals surface area contributed by atoms with Gasteiger partial charge in [0.2, 0.25) is 15.9 Å². The average molecular weight is 360 g/mol. The van der Waals surface area contributed by atoms with Crippen molar-refractivity contribution >= 4 is 15.9 Å². The summed E-state index contributed by atoms with van der Waals surface area (Å²) in [7, 11) is -3.39. The van der Waals surface area contributed by atoms with Gasteiger partial charge in [-0.2, -0.15) is 4.31 Å². The molecule has 0 spiro atoms. The first-order chi connectivity index (χ1) is 11.9. The molecule has 0 aliphatic heterocycles. The quantitative estimate of drug-likeness (QED) is 0.786. The van der Waals surface area contributed by atoms with E-state index < -0.39 is 10.0 Å². The number of carbonyl (C=O) groups is 1. The van der Waals surface area contributed by atoms with Gasteiger partial charge in [-0.05, 0) is 23.6 Å². The SMILES string of the molecule is Cc1ccccc1CN(CCC(=O)NCc1ccccc1)S(C)(=O)=O. The summed E-state index contributed by atoms with van der Waals surface area (Å²) in [6.45, 7) is 2.82. The van der Waals surface area contributed by atoms with Gasteiger partial charge < -0.3 is 5.32 Å². The fraction of sp³-hybridized carbons (Fsp3) is 0.316. The maximum absolute atomic E-state index is 12.0. The van der Waals surface area contributed by atoms with E-state index in [1.54, 1.807) is 0 Å². The molecule has 0 unspecified atom stereocenters. The van der Waals surface area contributed by atoms with Gasteiger partial charge in [-0.3, -0.25) is 4.79 Å². The summed E-state index contributed by atoms with van der Waals surface area (Å²) in [6.07, 6.45) is 1.30. The van der Waals surface area contributed by atoms with Crippen molar-refractivity contribution in [2.75, 3.05) is 12.8 Å². The highest BCUT2D eigenvalue weighted by Crippen LogP contribution is 2.13. The lowest BCUT2D eigenvalue weighted by Crippen LogP contribution is -2.34. The fourth-order valence-corrected chi connectivity index (χ4v) is 3.25. The Morgan fingerprint density at radius 2 is 1.68 bits per heavy atom. The molecular weight excluding hydrogens is 336 g/mol. The molecule has 5 nitrogen and oxygen atoms in total. The molecule has 25 heavy (non-hydrogen) atoms. The van der Waals surface area contributed by atoms with Crippen molar-refractivity contribution in [3.63, 3.8) is 0 Å². The molecule has 0 heterocycles. The smallest absolute Gasteiger partial charge is 0.221 e. The molecule has 2 aromatic carbocycles. The molecule has 0 aliphatic carbocycles. The molecule has 6 heteroatoms. The van der Waals surface area contributed by atoms with Crippen LogP contribution < -0.4 is 5.32 Å². The van der Waals surface area contributed by atoms with Gasteiger partial charge in [-0.25, -0.2) is 8.42 Å². The summed E-state index contributed by atoms with van der Waals surface area (Å²) in [4.78, 5) is 12.0. The molecule has 0 bridgehead atoms. The van der Waals surface area contributed by atoms with Crippen molar-refractivity contribution < 1.29 is 13.2 Å². The zero-order valence-corrected chi connectivity index (χ0v) is 15.4. The third kappa shape index (κ3) is 6.32. The maximum Gasteiger partial charge on any atom is 0.221 e. The van der Waals surface area contributed by atoms with Gasteiger partial charge in [0.15, 0.2) is 0 Å². The van der Waals surface area contributed by atoms with Crippen LogP contribution in [-0.2, 0) is 27.9 Å². The second-order valence-corrected chi connectivity index (χ2v) is 8.02. The minimum Gasteiger partial charge on any atom is -0.352 e. The number of sulfonamides is 1. The number of amides is 1. The first-order valence-corrected chi connectivity index (χ1v) is 10.0. The van der Waals surface area contributed by atoms with E-state index in [1.807, 2.05) is 61.5 Å². The van der Waals surface area contributed by atoms with E-state index in [4.69, 9.17) is 0 Å². The number of rotatable bonds is 8. The summed E-state index contributed by atoms with van der Waals surface area (Å²) < 4.78 is 25.4. The first kappa shape index (κ1) is 19.1. The van der Waals surface area contributed by atoms with Gasteiger partial charge in [0.25, 0.3) is 0 Å². The third-order valence-electron chi connectivity index (χ3n) is 4.00. The van der Waals surface area contributed by atoms with Crippen LogP contribution in [0.1, 0.15) is 23.1 Å². The lowest BCUT2D eigenvalue weighted by Gasteiger charge is -2.20. The van der Waals surface area contributed by atoms with Crippen molar-refractivity contribution in [3.05, 3.63) is 71.3 Å². The second kappa shape index (κ2) is 8.78. The van der Waals surface area contributed by atoms with Gasteiger partial charge in [-0.15, -0.1) is 0 Å². The Bertz CT molecular complexity index is 804. The topological polar surface area (TPSA) is 66.5 Å². The lowest BCUT2D eigenvalue weighted by molar-refractivity contribution is -0.121. The van der Waals surface area contributed by atoms with Crippen LogP contribution >= 0.6 is 0 Å². The molecule has 2 rings (SSSR count). The maximum atomic E-state index is 12.0. The summed E-state index contributed by atoms with van der Waals surface area (Å²) in [5.41, 5.74) is 2.98. The van der Waals surface area contributed by atoms with Crippen LogP contribution in [0, 0.1) is 6.92 Å². The molecule has 0 saturated carbocycles. The summed E-state index contributed by atoms with van der Waals surface area (Å²) in [6, 6.07) is 17.3.